The van der Waals surface area contributed by atoms with E-state index in [9.17, 15) is 9.90 Å². The lowest BCUT2D eigenvalue weighted by Gasteiger charge is -2.31. The molecule has 2 rings (SSSR count). The number of rotatable bonds is 6. The van der Waals surface area contributed by atoms with E-state index in [4.69, 9.17) is 4.74 Å². The second-order valence-electron chi connectivity index (χ2n) is 5.27. The van der Waals surface area contributed by atoms with Crippen molar-refractivity contribution < 1.29 is 14.6 Å². The number of nitrogens with zero attached hydrogens (tertiary/aromatic N) is 2. The molecule has 116 valence electrons. The third kappa shape index (κ3) is 4.72. The van der Waals surface area contributed by atoms with Gasteiger partial charge in [0.15, 0.2) is 0 Å². The molecule has 1 fully saturated rings. The van der Waals surface area contributed by atoms with Crippen molar-refractivity contribution in [3.8, 4) is 0 Å². The quantitative estimate of drug-likeness (QED) is 0.854. The van der Waals surface area contributed by atoms with Crippen molar-refractivity contribution in [2.75, 3.05) is 44.3 Å². The Hall–Kier alpha value is -1.59. The van der Waals surface area contributed by atoms with Crippen LogP contribution in [0.2, 0.25) is 0 Å². The number of aliphatic hydroxyl groups is 1. The number of para-hydroxylation sites is 1. The number of aliphatic hydroxyl groups excluding tert-OH is 1. The molecule has 1 aromatic rings. The highest BCUT2D eigenvalue weighted by atomic mass is 16.5. The van der Waals surface area contributed by atoms with Gasteiger partial charge in [0.25, 0.3) is 0 Å². The van der Waals surface area contributed by atoms with Crippen LogP contribution in [0.3, 0.4) is 0 Å². The molecule has 0 saturated carbocycles. The monoisotopic (exact) mass is 292 g/mol. The highest BCUT2D eigenvalue weighted by molar-refractivity contribution is 5.81. The van der Waals surface area contributed by atoms with E-state index >= 15 is 0 Å². The summed E-state index contributed by atoms with van der Waals surface area (Å²) < 4.78 is 5.27. The van der Waals surface area contributed by atoms with Gasteiger partial charge in [0.1, 0.15) is 0 Å². The zero-order valence-electron chi connectivity index (χ0n) is 12.6. The molecule has 1 aromatic carbocycles. The topological polar surface area (TPSA) is 53.0 Å². The van der Waals surface area contributed by atoms with Gasteiger partial charge in [0.05, 0.1) is 25.9 Å². The first-order valence-electron chi connectivity index (χ1n) is 7.54. The molecule has 0 aromatic heterocycles. The standard InChI is InChI=1S/C16H24N2O3/c1-2-15(19)12-18(14-6-4-3-5-7-14)13-16(20)17-8-10-21-11-9-17/h3-7,15,19H,2,8-13H2,1H3. The Morgan fingerprint density at radius 3 is 2.62 bits per heavy atom. The minimum atomic E-state index is -0.428. The maximum Gasteiger partial charge on any atom is 0.242 e. The van der Waals surface area contributed by atoms with Gasteiger partial charge in [-0.2, -0.15) is 0 Å². The number of amides is 1. The summed E-state index contributed by atoms with van der Waals surface area (Å²) >= 11 is 0. The van der Waals surface area contributed by atoms with Crippen molar-refractivity contribution in [1.82, 2.24) is 4.90 Å². The van der Waals surface area contributed by atoms with Crippen LogP contribution in [0.4, 0.5) is 5.69 Å². The van der Waals surface area contributed by atoms with Crippen molar-refractivity contribution in [3.05, 3.63) is 30.3 Å². The van der Waals surface area contributed by atoms with E-state index in [2.05, 4.69) is 0 Å². The second-order valence-corrected chi connectivity index (χ2v) is 5.27. The summed E-state index contributed by atoms with van der Waals surface area (Å²) in [5, 5.41) is 9.93. The van der Waals surface area contributed by atoms with E-state index in [-0.39, 0.29) is 5.91 Å². The summed E-state index contributed by atoms with van der Waals surface area (Å²) in [4.78, 5) is 16.2. The SMILES string of the molecule is CCC(O)CN(CC(=O)N1CCOCC1)c1ccccc1. The van der Waals surface area contributed by atoms with Crippen LogP contribution in [-0.2, 0) is 9.53 Å². The lowest BCUT2D eigenvalue weighted by Crippen LogP contribution is -2.47. The first kappa shape index (κ1) is 15.8. The van der Waals surface area contributed by atoms with Crippen LogP contribution < -0.4 is 4.90 Å². The molecular weight excluding hydrogens is 268 g/mol. The smallest absolute Gasteiger partial charge is 0.242 e. The Kier molecular flexibility index (Phi) is 6.02. The Balaban J connectivity index is 2.02. The summed E-state index contributed by atoms with van der Waals surface area (Å²) in [7, 11) is 0. The second kappa shape index (κ2) is 8.00. The molecule has 21 heavy (non-hydrogen) atoms. The molecule has 1 amide bonds. The molecular formula is C16H24N2O3. The molecule has 1 unspecified atom stereocenters. The number of hydrogen-bond acceptors (Lipinski definition) is 4. The van der Waals surface area contributed by atoms with E-state index in [0.717, 1.165) is 5.69 Å². The van der Waals surface area contributed by atoms with Crippen LogP contribution in [0.1, 0.15) is 13.3 Å². The van der Waals surface area contributed by atoms with Crippen molar-refractivity contribution in [2.45, 2.75) is 19.4 Å². The fourth-order valence-electron chi connectivity index (χ4n) is 2.36. The molecule has 1 heterocycles. The first-order chi connectivity index (χ1) is 10.2. The Morgan fingerprint density at radius 2 is 2.00 bits per heavy atom. The third-order valence-electron chi connectivity index (χ3n) is 3.71. The average Bonchev–Trinajstić information content (AvgIpc) is 2.55. The van der Waals surface area contributed by atoms with Crippen LogP contribution in [-0.4, -0.2) is 61.4 Å². The van der Waals surface area contributed by atoms with Crippen LogP contribution in [0, 0.1) is 0 Å². The predicted molar refractivity (Wildman–Crippen MR) is 82.4 cm³/mol. The molecule has 1 atom stereocenters. The van der Waals surface area contributed by atoms with Crippen LogP contribution in [0.5, 0.6) is 0 Å². The predicted octanol–water partition coefficient (Wildman–Crippen LogP) is 1.12. The summed E-state index contributed by atoms with van der Waals surface area (Å²) in [5.41, 5.74) is 0.964. The van der Waals surface area contributed by atoms with E-state index in [1.54, 1.807) is 0 Å². The van der Waals surface area contributed by atoms with Gasteiger partial charge < -0.3 is 19.6 Å². The minimum Gasteiger partial charge on any atom is -0.391 e. The summed E-state index contributed by atoms with van der Waals surface area (Å²) in [5.74, 6) is 0.0884. The number of ether oxygens (including phenoxy) is 1. The zero-order valence-corrected chi connectivity index (χ0v) is 12.6. The molecule has 1 aliphatic rings. The van der Waals surface area contributed by atoms with Gasteiger partial charge in [-0.05, 0) is 18.6 Å². The van der Waals surface area contributed by atoms with Crippen LogP contribution in [0.15, 0.2) is 30.3 Å². The van der Waals surface area contributed by atoms with Crippen molar-refractivity contribution in [1.29, 1.82) is 0 Å². The molecule has 5 heteroatoms. The van der Waals surface area contributed by atoms with Crippen molar-refractivity contribution in [3.63, 3.8) is 0 Å². The average molecular weight is 292 g/mol. The van der Waals surface area contributed by atoms with Crippen LogP contribution >= 0.6 is 0 Å². The molecule has 1 N–H and O–H groups in total. The van der Waals surface area contributed by atoms with Gasteiger partial charge in [0, 0.05) is 25.3 Å². The Labute approximate surface area is 126 Å². The maximum atomic E-state index is 12.4. The molecule has 1 saturated heterocycles. The van der Waals surface area contributed by atoms with Crippen LogP contribution in [0.25, 0.3) is 0 Å². The number of benzene rings is 1. The van der Waals surface area contributed by atoms with E-state index in [0.29, 0.717) is 45.8 Å². The van der Waals surface area contributed by atoms with Gasteiger partial charge in [-0.3, -0.25) is 4.79 Å². The molecule has 5 nitrogen and oxygen atoms in total. The molecule has 0 bridgehead atoms. The maximum absolute atomic E-state index is 12.4. The molecule has 0 radical (unpaired) electrons. The normalized spacial score (nSPS) is 16.6. The number of carbonyl (C=O) groups excluding carboxylic acids is 1. The zero-order chi connectivity index (χ0) is 15.1. The van der Waals surface area contributed by atoms with Gasteiger partial charge in [-0.25, -0.2) is 0 Å². The summed E-state index contributed by atoms with van der Waals surface area (Å²) in [6, 6.07) is 9.77. The first-order valence-corrected chi connectivity index (χ1v) is 7.54. The Bertz CT molecular complexity index is 432. The number of hydrogen-bond donors (Lipinski definition) is 1. The summed E-state index contributed by atoms with van der Waals surface area (Å²) in [6.07, 6.45) is 0.248. The van der Waals surface area contributed by atoms with E-state index in [1.807, 2.05) is 47.1 Å². The number of morpholine rings is 1. The fraction of sp³-hybridized carbons (Fsp3) is 0.562. The largest absolute Gasteiger partial charge is 0.391 e. The molecule has 0 spiro atoms. The highest BCUT2D eigenvalue weighted by Crippen LogP contribution is 2.15. The van der Waals surface area contributed by atoms with Crippen molar-refractivity contribution >= 4 is 11.6 Å². The van der Waals surface area contributed by atoms with E-state index in [1.165, 1.54) is 0 Å². The van der Waals surface area contributed by atoms with Gasteiger partial charge in [0.2, 0.25) is 5.91 Å². The van der Waals surface area contributed by atoms with Gasteiger partial charge >= 0.3 is 0 Å². The number of carbonyl (C=O) groups is 1. The lowest BCUT2D eigenvalue weighted by molar-refractivity contribution is -0.133. The van der Waals surface area contributed by atoms with Crippen molar-refractivity contribution in [2.24, 2.45) is 0 Å². The fourth-order valence-corrected chi connectivity index (χ4v) is 2.36. The van der Waals surface area contributed by atoms with E-state index < -0.39 is 6.10 Å². The molecule has 0 aliphatic carbocycles. The summed E-state index contributed by atoms with van der Waals surface area (Å²) in [6.45, 7) is 5.22. The minimum absolute atomic E-state index is 0.0884. The lowest BCUT2D eigenvalue weighted by atomic mass is 10.2. The third-order valence-corrected chi connectivity index (χ3v) is 3.71. The van der Waals surface area contributed by atoms with Gasteiger partial charge in [-0.15, -0.1) is 0 Å². The Morgan fingerprint density at radius 1 is 1.33 bits per heavy atom. The molecule has 1 aliphatic heterocycles. The number of anilines is 1. The highest BCUT2D eigenvalue weighted by Gasteiger charge is 2.21. The van der Waals surface area contributed by atoms with Gasteiger partial charge in [-0.1, -0.05) is 25.1 Å².